The number of hydrogen-bond donors (Lipinski definition) is 2. The number of carbonyl (C=O) groups excluding carboxylic acids is 1. The maximum Gasteiger partial charge on any atom is 0.139 e. The summed E-state index contributed by atoms with van der Waals surface area (Å²) in [5.74, 6) is 3.97. The number of rotatable bonds is 5. The summed E-state index contributed by atoms with van der Waals surface area (Å²) in [5, 5.41) is 20.9. The van der Waals surface area contributed by atoms with Crippen molar-refractivity contribution in [1.29, 1.82) is 0 Å². The fourth-order valence-electron chi connectivity index (χ4n) is 9.15. The van der Waals surface area contributed by atoms with Crippen LogP contribution in [0.3, 0.4) is 0 Å². The molecule has 0 aromatic carbocycles. The first-order valence-corrected chi connectivity index (χ1v) is 13.0. The second-order valence-corrected chi connectivity index (χ2v) is 12.7. The Morgan fingerprint density at radius 3 is 2.30 bits per heavy atom. The Hall–Kier alpha value is -0.410. The van der Waals surface area contributed by atoms with E-state index in [0.717, 1.165) is 24.2 Å². The fourth-order valence-corrected chi connectivity index (χ4v) is 9.15. The number of Topliss-reactive ketones (excluding diaryl/α,β-unsaturated/α-hetero) is 1. The summed E-state index contributed by atoms with van der Waals surface area (Å²) in [5.41, 5.74) is 0.260. The fraction of sp³-hybridized carbons (Fsp3) is 0.963. The molecule has 4 aliphatic rings. The van der Waals surface area contributed by atoms with E-state index in [-0.39, 0.29) is 17.1 Å². The molecule has 3 unspecified atom stereocenters. The number of aliphatic hydroxyl groups excluding tert-OH is 2. The SMILES string of the molecule is CC(C)CCC[C@@H](C)[C@H]1CC[C@H]2[C@@H]3CC(=O)C4C(O)C(O)CC[C@]4(C)[C@H]3CC[C@]12C. The van der Waals surface area contributed by atoms with E-state index in [4.69, 9.17) is 0 Å². The zero-order chi connectivity index (χ0) is 21.8. The quantitative estimate of drug-likeness (QED) is 0.609. The summed E-state index contributed by atoms with van der Waals surface area (Å²) in [6, 6.07) is 0. The molecular weight excluding hydrogens is 372 g/mol. The normalized spacial score (nSPS) is 49.5. The van der Waals surface area contributed by atoms with Crippen molar-refractivity contribution in [2.45, 2.75) is 111 Å². The van der Waals surface area contributed by atoms with Gasteiger partial charge in [-0.15, -0.1) is 0 Å². The van der Waals surface area contributed by atoms with Crippen molar-refractivity contribution < 1.29 is 15.0 Å². The Balaban J connectivity index is 1.52. The van der Waals surface area contributed by atoms with Crippen LogP contribution in [0.1, 0.15) is 98.8 Å². The van der Waals surface area contributed by atoms with Crippen molar-refractivity contribution in [1.82, 2.24) is 0 Å². The van der Waals surface area contributed by atoms with E-state index < -0.39 is 12.2 Å². The van der Waals surface area contributed by atoms with Gasteiger partial charge in [0.25, 0.3) is 0 Å². The van der Waals surface area contributed by atoms with Gasteiger partial charge in [-0.25, -0.2) is 0 Å². The number of hydrogen-bond acceptors (Lipinski definition) is 3. The van der Waals surface area contributed by atoms with Crippen molar-refractivity contribution in [3.05, 3.63) is 0 Å². The third-order valence-corrected chi connectivity index (χ3v) is 10.7. The van der Waals surface area contributed by atoms with Gasteiger partial charge in [-0.1, -0.05) is 53.9 Å². The zero-order valence-corrected chi connectivity index (χ0v) is 20.1. The zero-order valence-electron chi connectivity index (χ0n) is 20.1. The van der Waals surface area contributed by atoms with Gasteiger partial charge in [-0.05, 0) is 84.9 Å². The molecule has 0 spiro atoms. The minimum atomic E-state index is -0.859. The number of aliphatic hydroxyl groups is 2. The summed E-state index contributed by atoms with van der Waals surface area (Å²) >= 11 is 0. The molecule has 2 N–H and O–H groups in total. The van der Waals surface area contributed by atoms with Crippen molar-refractivity contribution in [3.63, 3.8) is 0 Å². The Morgan fingerprint density at radius 2 is 1.60 bits per heavy atom. The van der Waals surface area contributed by atoms with E-state index in [0.29, 0.717) is 36.0 Å². The maximum atomic E-state index is 13.3. The topological polar surface area (TPSA) is 57.5 Å². The smallest absolute Gasteiger partial charge is 0.139 e. The van der Waals surface area contributed by atoms with Gasteiger partial charge in [-0.3, -0.25) is 4.79 Å². The van der Waals surface area contributed by atoms with Crippen LogP contribution in [-0.4, -0.2) is 28.2 Å². The molecule has 10 atom stereocenters. The second kappa shape index (κ2) is 8.18. The minimum Gasteiger partial charge on any atom is -0.390 e. The van der Waals surface area contributed by atoms with Crippen molar-refractivity contribution in [3.8, 4) is 0 Å². The highest BCUT2D eigenvalue weighted by molar-refractivity contribution is 5.84. The summed E-state index contributed by atoms with van der Waals surface area (Å²) in [6.45, 7) is 12.0. The third-order valence-electron chi connectivity index (χ3n) is 10.7. The second-order valence-electron chi connectivity index (χ2n) is 12.7. The first-order valence-electron chi connectivity index (χ1n) is 13.0. The minimum absolute atomic E-state index is 0.124. The molecule has 3 nitrogen and oxygen atoms in total. The van der Waals surface area contributed by atoms with Crippen LogP contribution in [0.15, 0.2) is 0 Å². The highest BCUT2D eigenvalue weighted by Gasteiger charge is 2.64. The monoisotopic (exact) mass is 418 g/mol. The van der Waals surface area contributed by atoms with Gasteiger partial charge in [0, 0.05) is 6.42 Å². The predicted octanol–water partition coefficient (Wildman–Crippen LogP) is 5.62. The molecule has 4 fully saturated rings. The molecule has 4 rings (SSSR count). The van der Waals surface area contributed by atoms with Gasteiger partial charge in [-0.2, -0.15) is 0 Å². The van der Waals surface area contributed by atoms with Gasteiger partial charge >= 0.3 is 0 Å². The molecule has 172 valence electrons. The standard InChI is InChI=1S/C27H46O3/c1-16(2)7-6-8-17(3)19-9-10-20-18-15-23(29)24-25(30)22(28)12-14-27(24,5)21(18)11-13-26(19,20)4/h16-22,24-25,28,30H,6-15H2,1-5H3/t17-,18+,19-,20+,21+,22?,24?,25?,26-,27-/m1/s1. The van der Waals surface area contributed by atoms with E-state index in [2.05, 4.69) is 34.6 Å². The van der Waals surface area contributed by atoms with E-state index in [1.54, 1.807) is 0 Å². The lowest BCUT2D eigenvalue weighted by atomic mass is 9.43. The molecule has 0 aliphatic heterocycles. The number of carbonyl (C=O) groups is 1. The lowest BCUT2D eigenvalue weighted by Gasteiger charge is -2.61. The molecular formula is C27H46O3. The molecule has 30 heavy (non-hydrogen) atoms. The Bertz CT molecular complexity index is 644. The first kappa shape index (κ1) is 22.8. The Kier molecular flexibility index (Phi) is 6.21. The molecule has 4 aliphatic carbocycles. The summed E-state index contributed by atoms with van der Waals surface area (Å²) < 4.78 is 0. The van der Waals surface area contributed by atoms with Crippen molar-refractivity contribution in [2.24, 2.45) is 52.3 Å². The molecule has 0 radical (unpaired) electrons. The molecule has 0 bridgehead atoms. The van der Waals surface area contributed by atoms with Crippen molar-refractivity contribution >= 4 is 5.78 Å². The van der Waals surface area contributed by atoms with Crippen molar-refractivity contribution in [2.75, 3.05) is 0 Å². The van der Waals surface area contributed by atoms with E-state index in [9.17, 15) is 15.0 Å². The van der Waals surface area contributed by atoms with Crippen LogP contribution in [0.2, 0.25) is 0 Å². The first-order chi connectivity index (χ1) is 14.1. The van der Waals surface area contributed by atoms with Crippen LogP contribution in [0.25, 0.3) is 0 Å². The lowest BCUT2D eigenvalue weighted by molar-refractivity contribution is -0.183. The lowest BCUT2D eigenvalue weighted by Crippen LogP contribution is -2.61. The molecule has 3 heteroatoms. The van der Waals surface area contributed by atoms with Crippen LogP contribution in [-0.2, 0) is 4.79 Å². The molecule has 0 aromatic heterocycles. The van der Waals surface area contributed by atoms with Gasteiger partial charge in [0.15, 0.2) is 0 Å². The average molecular weight is 419 g/mol. The average Bonchev–Trinajstić information content (AvgIpc) is 3.02. The molecule has 4 saturated carbocycles. The largest absolute Gasteiger partial charge is 0.390 e. The van der Waals surface area contributed by atoms with Gasteiger partial charge in [0.1, 0.15) is 5.78 Å². The summed E-state index contributed by atoms with van der Waals surface area (Å²) in [7, 11) is 0. The molecule has 0 saturated heterocycles. The van der Waals surface area contributed by atoms with E-state index in [1.165, 1.54) is 44.9 Å². The van der Waals surface area contributed by atoms with Crippen LogP contribution in [0, 0.1) is 52.3 Å². The Morgan fingerprint density at radius 1 is 0.933 bits per heavy atom. The highest BCUT2D eigenvalue weighted by Crippen LogP contribution is 2.67. The maximum absolute atomic E-state index is 13.3. The summed E-state index contributed by atoms with van der Waals surface area (Å²) in [6.07, 6.45) is 9.74. The highest BCUT2D eigenvalue weighted by atomic mass is 16.3. The molecule has 0 aromatic rings. The van der Waals surface area contributed by atoms with Crippen LogP contribution in [0.4, 0.5) is 0 Å². The van der Waals surface area contributed by atoms with E-state index in [1.807, 2.05) is 0 Å². The molecule has 0 heterocycles. The number of fused-ring (bicyclic) bond motifs is 5. The van der Waals surface area contributed by atoms with Crippen LogP contribution >= 0.6 is 0 Å². The summed E-state index contributed by atoms with van der Waals surface area (Å²) in [4.78, 5) is 13.3. The van der Waals surface area contributed by atoms with Crippen LogP contribution < -0.4 is 0 Å². The Labute approximate surface area is 184 Å². The van der Waals surface area contributed by atoms with Crippen LogP contribution in [0.5, 0.6) is 0 Å². The van der Waals surface area contributed by atoms with Gasteiger partial charge in [0.05, 0.1) is 18.1 Å². The third kappa shape index (κ3) is 3.51. The van der Waals surface area contributed by atoms with E-state index >= 15 is 0 Å². The number of ketones is 1. The molecule has 0 amide bonds. The predicted molar refractivity (Wildman–Crippen MR) is 121 cm³/mol. The van der Waals surface area contributed by atoms with Gasteiger partial charge < -0.3 is 10.2 Å². The van der Waals surface area contributed by atoms with Gasteiger partial charge in [0.2, 0.25) is 0 Å².